The average molecular weight is 276 g/mol. The smallest absolute Gasteiger partial charge is 0.108 e. The van der Waals surface area contributed by atoms with Crippen LogP contribution in [0.15, 0.2) is 41.0 Å². The molecule has 0 fully saturated rings. The minimum Gasteiger partial charge on any atom is -0.469 e. The fourth-order valence-corrected chi connectivity index (χ4v) is 3.18. The fraction of sp³-hybridized carbons (Fsp3) is 0.375. The molecule has 0 spiro atoms. The first kappa shape index (κ1) is 12.8. The fourth-order valence-electron chi connectivity index (χ4n) is 2.88. The van der Waals surface area contributed by atoms with Crippen LogP contribution >= 0.6 is 11.6 Å². The van der Waals surface area contributed by atoms with E-state index in [0.717, 1.165) is 29.2 Å². The molecular weight excluding hydrogens is 258 g/mol. The van der Waals surface area contributed by atoms with Crippen molar-refractivity contribution in [1.29, 1.82) is 0 Å². The van der Waals surface area contributed by atoms with Crippen molar-refractivity contribution in [2.24, 2.45) is 0 Å². The molecule has 1 heterocycles. The Bertz CT molecular complexity index is 563. The topological polar surface area (TPSA) is 25.2 Å². The summed E-state index contributed by atoms with van der Waals surface area (Å²) < 4.78 is 5.53. The first-order valence-corrected chi connectivity index (χ1v) is 7.20. The van der Waals surface area contributed by atoms with Crippen LogP contribution in [0.25, 0.3) is 0 Å². The van der Waals surface area contributed by atoms with Crippen LogP contribution in [0, 0.1) is 0 Å². The Morgan fingerprint density at radius 3 is 3.00 bits per heavy atom. The summed E-state index contributed by atoms with van der Waals surface area (Å²) in [6.07, 6.45) is 5.18. The second-order valence-corrected chi connectivity index (χ2v) is 5.56. The van der Waals surface area contributed by atoms with Crippen LogP contribution in [-0.2, 0) is 6.42 Å². The first-order chi connectivity index (χ1) is 9.25. The van der Waals surface area contributed by atoms with Gasteiger partial charge in [-0.05, 0) is 37.5 Å². The lowest BCUT2D eigenvalue weighted by atomic mass is 9.92. The monoisotopic (exact) mass is 275 g/mol. The third-order valence-corrected chi connectivity index (χ3v) is 4.22. The molecule has 1 unspecified atom stereocenters. The number of rotatable bonds is 3. The van der Waals surface area contributed by atoms with Gasteiger partial charge < -0.3 is 9.73 Å². The Hall–Kier alpha value is -1.25. The van der Waals surface area contributed by atoms with Gasteiger partial charge in [-0.3, -0.25) is 0 Å². The zero-order valence-electron chi connectivity index (χ0n) is 11.0. The Kier molecular flexibility index (Phi) is 3.63. The highest BCUT2D eigenvalue weighted by molar-refractivity contribution is 6.31. The molecule has 100 valence electrons. The molecule has 1 aliphatic carbocycles. The summed E-state index contributed by atoms with van der Waals surface area (Å²) in [4.78, 5) is 0. The van der Waals surface area contributed by atoms with E-state index < -0.39 is 0 Å². The highest BCUT2D eigenvalue weighted by Crippen LogP contribution is 2.33. The summed E-state index contributed by atoms with van der Waals surface area (Å²) in [5.41, 5.74) is 2.46. The lowest BCUT2D eigenvalue weighted by Crippen LogP contribution is -2.27. The summed E-state index contributed by atoms with van der Waals surface area (Å²) in [7, 11) is 0. The number of aryl methyl sites for hydroxylation is 1. The van der Waals surface area contributed by atoms with Gasteiger partial charge in [0, 0.05) is 29.1 Å². The summed E-state index contributed by atoms with van der Waals surface area (Å²) in [5, 5.41) is 4.50. The van der Waals surface area contributed by atoms with Crippen LogP contribution in [0.3, 0.4) is 0 Å². The van der Waals surface area contributed by atoms with Gasteiger partial charge in [0.1, 0.15) is 5.76 Å². The second-order valence-electron chi connectivity index (χ2n) is 5.15. The molecule has 0 saturated carbocycles. The predicted octanol–water partition coefficient (Wildman–Crippen LogP) is 4.66. The predicted molar refractivity (Wildman–Crippen MR) is 77.4 cm³/mol. The minimum atomic E-state index is 0.236. The van der Waals surface area contributed by atoms with E-state index in [4.69, 9.17) is 16.0 Å². The maximum atomic E-state index is 6.26. The van der Waals surface area contributed by atoms with Crippen molar-refractivity contribution in [2.75, 3.05) is 0 Å². The molecule has 0 aliphatic heterocycles. The molecule has 1 aromatic heterocycles. The molecule has 1 aromatic carbocycles. The molecule has 1 N–H and O–H groups in total. The Morgan fingerprint density at radius 2 is 2.16 bits per heavy atom. The van der Waals surface area contributed by atoms with Crippen LogP contribution < -0.4 is 5.32 Å². The number of hydrogen-bond acceptors (Lipinski definition) is 2. The summed E-state index contributed by atoms with van der Waals surface area (Å²) in [6.45, 7) is 2.16. The van der Waals surface area contributed by atoms with Crippen molar-refractivity contribution in [3.05, 3.63) is 58.5 Å². The second kappa shape index (κ2) is 5.40. The van der Waals surface area contributed by atoms with E-state index in [9.17, 15) is 0 Å². The number of halogens is 1. The van der Waals surface area contributed by atoms with E-state index in [2.05, 4.69) is 24.4 Å². The van der Waals surface area contributed by atoms with Crippen molar-refractivity contribution < 1.29 is 4.42 Å². The summed E-state index contributed by atoms with van der Waals surface area (Å²) >= 11 is 6.26. The lowest BCUT2D eigenvalue weighted by molar-refractivity contribution is 0.386. The average Bonchev–Trinajstić information content (AvgIpc) is 2.88. The van der Waals surface area contributed by atoms with Crippen molar-refractivity contribution in [2.45, 2.75) is 38.3 Å². The number of fused-ring (bicyclic) bond motifs is 1. The van der Waals surface area contributed by atoms with E-state index in [0.29, 0.717) is 6.04 Å². The van der Waals surface area contributed by atoms with Gasteiger partial charge in [-0.15, -0.1) is 0 Å². The van der Waals surface area contributed by atoms with E-state index in [1.165, 1.54) is 12.0 Å². The first-order valence-electron chi connectivity index (χ1n) is 6.82. The zero-order chi connectivity index (χ0) is 13.2. The van der Waals surface area contributed by atoms with Gasteiger partial charge in [0.25, 0.3) is 0 Å². The SMILES string of the molecule is C[C@H](NC1CCCc2occc21)c1ccccc1Cl. The molecule has 0 amide bonds. The Balaban J connectivity index is 1.78. The third-order valence-electron chi connectivity index (χ3n) is 3.87. The van der Waals surface area contributed by atoms with Gasteiger partial charge in [-0.1, -0.05) is 29.8 Å². The van der Waals surface area contributed by atoms with Crippen LogP contribution in [0.5, 0.6) is 0 Å². The maximum Gasteiger partial charge on any atom is 0.108 e. The Morgan fingerprint density at radius 1 is 1.32 bits per heavy atom. The van der Waals surface area contributed by atoms with Crippen molar-refractivity contribution in [1.82, 2.24) is 5.32 Å². The van der Waals surface area contributed by atoms with Crippen molar-refractivity contribution >= 4 is 11.6 Å². The molecular formula is C16H18ClNO. The molecule has 2 aromatic rings. The number of benzene rings is 1. The van der Waals surface area contributed by atoms with E-state index in [1.54, 1.807) is 6.26 Å². The quantitative estimate of drug-likeness (QED) is 0.881. The molecule has 2 atom stereocenters. The van der Waals surface area contributed by atoms with Crippen molar-refractivity contribution in [3.63, 3.8) is 0 Å². The highest BCUT2D eigenvalue weighted by Gasteiger charge is 2.24. The number of hydrogen-bond donors (Lipinski definition) is 1. The summed E-state index contributed by atoms with van der Waals surface area (Å²) in [5.74, 6) is 1.13. The van der Waals surface area contributed by atoms with Crippen LogP contribution in [0.1, 0.15) is 48.7 Å². The maximum absolute atomic E-state index is 6.26. The molecule has 19 heavy (non-hydrogen) atoms. The van der Waals surface area contributed by atoms with Crippen LogP contribution in [0.2, 0.25) is 5.02 Å². The standard InChI is InChI=1S/C16H18ClNO/c1-11(12-5-2-3-6-14(12)17)18-15-7-4-8-16-13(15)9-10-19-16/h2-3,5-6,9-11,15,18H,4,7-8H2,1H3/t11-,15?/m0/s1. The van der Waals surface area contributed by atoms with Gasteiger partial charge in [0.2, 0.25) is 0 Å². The molecule has 1 aliphatic rings. The number of nitrogens with one attached hydrogen (secondary N) is 1. The normalized spacial score (nSPS) is 20.0. The lowest BCUT2D eigenvalue weighted by Gasteiger charge is -2.27. The molecule has 0 bridgehead atoms. The molecule has 0 saturated heterocycles. The van der Waals surface area contributed by atoms with E-state index >= 15 is 0 Å². The molecule has 2 nitrogen and oxygen atoms in total. The van der Waals surface area contributed by atoms with Crippen LogP contribution in [-0.4, -0.2) is 0 Å². The molecule has 3 heteroatoms. The number of furan rings is 1. The van der Waals surface area contributed by atoms with Crippen LogP contribution in [0.4, 0.5) is 0 Å². The molecule has 0 radical (unpaired) electrons. The van der Waals surface area contributed by atoms with E-state index in [1.807, 2.05) is 18.2 Å². The molecule has 3 rings (SSSR count). The highest BCUT2D eigenvalue weighted by atomic mass is 35.5. The van der Waals surface area contributed by atoms with Gasteiger partial charge >= 0.3 is 0 Å². The Labute approximate surface area is 118 Å². The third kappa shape index (κ3) is 2.56. The van der Waals surface area contributed by atoms with Gasteiger partial charge in [-0.2, -0.15) is 0 Å². The van der Waals surface area contributed by atoms with Gasteiger partial charge in [0.05, 0.1) is 6.26 Å². The van der Waals surface area contributed by atoms with Crippen molar-refractivity contribution in [3.8, 4) is 0 Å². The van der Waals surface area contributed by atoms with Gasteiger partial charge in [0.15, 0.2) is 0 Å². The largest absolute Gasteiger partial charge is 0.469 e. The minimum absolute atomic E-state index is 0.236. The zero-order valence-corrected chi connectivity index (χ0v) is 11.8. The summed E-state index contributed by atoms with van der Waals surface area (Å²) in [6, 6.07) is 10.7. The van der Waals surface area contributed by atoms with E-state index in [-0.39, 0.29) is 6.04 Å². The van der Waals surface area contributed by atoms with Gasteiger partial charge in [-0.25, -0.2) is 0 Å².